The van der Waals surface area contributed by atoms with Crippen LogP contribution in [0.2, 0.25) is 0 Å². The van der Waals surface area contributed by atoms with Crippen LogP contribution in [-0.4, -0.2) is 59.5 Å². The summed E-state index contributed by atoms with van der Waals surface area (Å²) in [6, 6.07) is 0. The first kappa shape index (κ1) is 18.4. The number of thioether (sulfide) groups is 2. The quantitative estimate of drug-likeness (QED) is 0.570. The average Bonchev–Trinajstić information content (AvgIpc) is 2.94. The van der Waals surface area contributed by atoms with E-state index in [1.165, 1.54) is 30.6 Å². The Labute approximate surface area is 154 Å². The van der Waals surface area contributed by atoms with Crippen LogP contribution in [0.5, 0.6) is 0 Å². The molecule has 0 spiro atoms. The summed E-state index contributed by atoms with van der Waals surface area (Å²) in [5.74, 6) is -0.492. The molecule has 2 aliphatic heterocycles. The van der Waals surface area contributed by atoms with Crippen LogP contribution in [0.1, 0.15) is 27.7 Å². The van der Waals surface area contributed by atoms with Crippen molar-refractivity contribution in [1.29, 1.82) is 0 Å². The van der Waals surface area contributed by atoms with Gasteiger partial charge in [0.25, 0.3) is 5.91 Å². The normalized spacial score (nSPS) is 29.1. The van der Waals surface area contributed by atoms with Crippen molar-refractivity contribution >= 4 is 35.2 Å². The van der Waals surface area contributed by atoms with Crippen LogP contribution in [-0.2, 0) is 21.4 Å². The maximum absolute atomic E-state index is 13.0. The maximum Gasteiger partial charge on any atom is 0.270 e. The molecule has 3 atom stereocenters. The molecular weight excluding hydrogens is 362 g/mol. The Morgan fingerprint density at radius 1 is 1.44 bits per heavy atom. The van der Waals surface area contributed by atoms with Crippen LogP contribution in [0.25, 0.3) is 0 Å². The van der Waals surface area contributed by atoms with Crippen LogP contribution < -0.4 is 0 Å². The SMILES string of the molecule is CO[C@@]1(C(=O)C(C)(C)C)C(=O)N2C=C(C)C(Sc3nnnn3C)S[C@H]21. The van der Waals surface area contributed by atoms with Crippen molar-refractivity contribution in [1.82, 2.24) is 25.1 Å². The lowest BCUT2D eigenvalue weighted by Gasteiger charge is -2.56. The first-order valence-electron chi connectivity index (χ1n) is 7.78. The van der Waals surface area contributed by atoms with Crippen LogP contribution >= 0.6 is 23.5 Å². The van der Waals surface area contributed by atoms with Crippen LogP contribution in [0, 0.1) is 5.41 Å². The number of amides is 1. The largest absolute Gasteiger partial charge is 0.359 e. The second-order valence-electron chi connectivity index (χ2n) is 7.13. The van der Waals surface area contributed by atoms with E-state index in [2.05, 4.69) is 15.5 Å². The molecule has 136 valence electrons. The van der Waals surface area contributed by atoms with E-state index in [1.54, 1.807) is 43.6 Å². The van der Waals surface area contributed by atoms with Gasteiger partial charge in [-0.05, 0) is 22.9 Å². The molecule has 3 heterocycles. The predicted molar refractivity (Wildman–Crippen MR) is 94.6 cm³/mol. The highest BCUT2D eigenvalue weighted by atomic mass is 32.2. The molecule has 1 unspecified atom stereocenters. The zero-order valence-electron chi connectivity index (χ0n) is 15.0. The lowest BCUT2D eigenvalue weighted by molar-refractivity contribution is -0.188. The van der Waals surface area contributed by atoms with E-state index in [-0.39, 0.29) is 21.6 Å². The highest BCUT2D eigenvalue weighted by Gasteiger charge is 2.69. The molecule has 1 saturated heterocycles. The summed E-state index contributed by atoms with van der Waals surface area (Å²) >= 11 is 3.02. The van der Waals surface area contributed by atoms with Crippen molar-refractivity contribution in [2.24, 2.45) is 12.5 Å². The van der Waals surface area contributed by atoms with Crippen LogP contribution in [0.4, 0.5) is 0 Å². The number of rotatable bonds is 4. The molecule has 2 aliphatic rings. The molecule has 0 bridgehead atoms. The first-order valence-corrected chi connectivity index (χ1v) is 9.60. The molecule has 0 aliphatic carbocycles. The van der Waals surface area contributed by atoms with Crippen molar-refractivity contribution in [2.45, 2.75) is 48.4 Å². The topological polar surface area (TPSA) is 90.2 Å². The lowest BCUT2D eigenvalue weighted by atomic mass is 9.75. The fraction of sp³-hybridized carbons (Fsp3) is 0.667. The fourth-order valence-corrected chi connectivity index (χ4v) is 5.71. The van der Waals surface area contributed by atoms with Gasteiger partial charge in [-0.15, -0.1) is 16.9 Å². The highest BCUT2D eigenvalue weighted by Crippen LogP contribution is 2.53. The van der Waals surface area contributed by atoms with Gasteiger partial charge < -0.3 is 4.74 Å². The van der Waals surface area contributed by atoms with Crippen molar-refractivity contribution in [3.63, 3.8) is 0 Å². The number of aromatic nitrogens is 4. The van der Waals surface area contributed by atoms with Gasteiger partial charge in [-0.2, -0.15) is 0 Å². The third kappa shape index (κ3) is 2.70. The Morgan fingerprint density at radius 3 is 2.64 bits per heavy atom. The van der Waals surface area contributed by atoms with Gasteiger partial charge in [0.1, 0.15) is 5.37 Å². The number of Topliss-reactive ketones (excluding diaryl/α,β-unsaturated/α-hetero) is 1. The lowest BCUT2D eigenvalue weighted by Crippen LogP contribution is -2.77. The van der Waals surface area contributed by atoms with E-state index in [0.717, 1.165) is 5.57 Å². The van der Waals surface area contributed by atoms with Gasteiger partial charge in [-0.1, -0.05) is 32.5 Å². The van der Waals surface area contributed by atoms with Crippen molar-refractivity contribution < 1.29 is 14.3 Å². The highest BCUT2D eigenvalue weighted by molar-refractivity contribution is 8.17. The monoisotopic (exact) mass is 383 g/mol. The number of ketones is 1. The Morgan fingerprint density at radius 2 is 2.12 bits per heavy atom. The van der Waals surface area contributed by atoms with E-state index < -0.39 is 11.0 Å². The second-order valence-corrected chi connectivity index (χ2v) is 9.69. The fourth-order valence-electron chi connectivity index (χ4n) is 2.91. The number of hydrogen-bond acceptors (Lipinski definition) is 8. The Bertz CT molecular complexity index is 757. The third-order valence-electron chi connectivity index (χ3n) is 4.25. The van der Waals surface area contributed by atoms with Crippen molar-refractivity contribution in [3.05, 3.63) is 11.8 Å². The number of hydrogen-bond donors (Lipinski definition) is 0. The maximum atomic E-state index is 13.0. The molecule has 1 fully saturated rings. The summed E-state index contributed by atoms with van der Waals surface area (Å²) in [5.41, 5.74) is -1.10. The molecule has 0 saturated carbocycles. The van der Waals surface area contributed by atoms with Crippen LogP contribution in [0.3, 0.4) is 0 Å². The van der Waals surface area contributed by atoms with Gasteiger partial charge in [-0.25, -0.2) is 4.68 Å². The predicted octanol–water partition coefficient (Wildman–Crippen LogP) is 1.45. The second kappa shape index (κ2) is 6.10. The van der Waals surface area contributed by atoms with Crippen molar-refractivity contribution in [3.8, 4) is 0 Å². The Balaban J connectivity index is 1.90. The molecule has 1 aromatic rings. The molecule has 1 amide bonds. The van der Waals surface area contributed by atoms with E-state index in [1.807, 2.05) is 6.92 Å². The van der Waals surface area contributed by atoms with Gasteiger partial charge in [0, 0.05) is 25.8 Å². The van der Waals surface area contributed by atoms with E-state index in [0.29, 0.717) is 5.16 Å². The molecule has 1 aromatic heterocycles. The minimum atomic E-state index is -1.43. The summed E-state index contributed by atoms with van der Waals surface area (Å²) in [7, 11) is 3.20. The Kier molecular flexibility index (Phi) is 4.49. The van der Waals surface area contributed by atoms with Gasteiger partial charge in [-0.3, -0.25) is 14.5 Å². The number of fused-ring (bicyclic) bond motifs is 1. The summed E-state index contributed by atoms with van der Waals surface area (Å²) in [6.45, 7) is 7.37. The number of methoxy groups -OCH3 is 1. The third-order valence-corrected chi connectivity index (χ3v) is 7.45. The van der Waals surface area contributed by atoms with Gasteiger partial charge >= 0.3 is 0 Å². The number of ether oxygens (including phenoxy) is 1. The molecular formula is C15H21N5O3S2. The number of aryl methyl sites for hydroxylation is 1. The number of β-lactam (4-membered cyclic amide) rings is 1. The van der Waals surface area contributed by atoms with E-state index >= 15 is 0 Å². The first-order chi connectivity index (χ1) is 11.6. The summed E-state index contributed by atoms with van der Waals surface area (Å²) in [5, 5.41) is 11.8. The molecule has 0 N–H and O–H groups in total. The molecule has 0 aromatic carbocycles. The van der Waals surface area contributed by atoms with E-state index in [9.17, 15) is 9.59 Å². The van der Waals surface area contributed by atoms with Crippen molar-refractivity contribution in [2.75, 3.05) is 7.11 Å². The van der Waals surface area contributed by atoms with Gasteiger partial charge in [0.05, 0.1) is 4.58 Å². The molecule has 0 radical (unpaired) electrons. The smallest absolute Gasteiger partial charge is 0.270 e. The van der Waals surface area contributed by atoms with Gasteiger partial charge in [0.15, 0.2) is 5.78 Å². The molecule has 25 heavy (non-hydrogen) atoms. The summed E-state index contributed by atoms with van der Waals surface area (Å²) in [6.07, 6.45) is 1.80. The molecule has 10 heteroatoms. The zero-order valence-corrected chi connectivity index (χ0v) is 16.6. The molecule has 3 rings (SSSR count). The number of carbonyl (C=O) groups is 2. The summed E-state index contributed by atoms with van der Waals surface area (Å²) < 4.78 is 7.13. The Hall–Kier alpha value is -1.39. The number of carbonyl (C=O) groups excluding carboxylic acids is 2. The molecule has 8 nitrogen and oxygen atoms in total. The number of tetrazole rings is 1. The minimum absolute atomic E-state index is 0.0126. The van der Waals surface area contributed by atoms with E-state index in [4.69, 9.17) is 4.74 Å². The zero-order chi connectivity index (χ0) is 18.6. The van der Waals surface area contributed by atoms with Crippen LogP contribution in [0.15, 0.2) is 16.9 Å². The van der Waals surface area contributed by atoms with Gasteiger partial charge in [0.2, 0.25) is 10.8 Å². The summed E-state index contributed by atoms with van der Waals surface area (Å²) in [4.78, 5) is 27.3. The average molecular weight is 383 g/mol. The standard InChI is InChI=1S/C15H21N5O3S2/c1-8-7-20-11(22)15(23-6,10(21)14(2,3)4)12(20)24-9(8)25-13-16-17-18-19(13)5/h7,9,12H,1-6H3/t9?,12-,15-/m0/s1. The number of nitrogens with zero attached hydrogens (tertiary/aromatic N) is 5. The minimum Gasteiger partial charge on any atom is -0.359 e.